The molecule has 31 heavy (non-hydrogen) atoms. The Bertz CT molecular complexity index is 1120. The van der Waals surface area contributed by atoms with Crippen molar-refractivity contribution >= 4 is 33.2 Å². The third kappa shape index (κ3) is 4.01. The molecule has 9 heteroatoms. The Morgan fingerprint density at radius 1 is 0.968 bits per heavy atom. The fraction of sp³-hybridized carbons (Fsp3) is 0.364. The first kappa shape index (κ1) is 21.3. The monoisotopic (exact) mass is 445 g/mol. The lowest BCUT2D eigenvalue weighted by atomic mass is 9.95. The minimum Gasteiger partial charge on any atom is -0.368 e. The molecule has 2 heterocycles. The van der Waals surface area contributed by atoms with Gasteiger partial charge in [0.25, 0.3) is 5.91 Å². The number of sulfonamides is 1. The van der Waals surface area contributed by atoms with E-state index in [0.717, 1.165) is 9.99 Å². The molecular weight excluding hydrogens is 421 g/mol. The fourth-order valence-electron chi connectivity index (χ4n) is 4.03. The van der Waals surface area contributed by atoms with E-state index in [2.05, 4.69) is 4.90 Å². The number of carbonyl (C=O) groups excluding carboxylic acids is 2. The van der Waals surface area contributed by atoms with Crippen LogP contribution < -0.4 is 9.21 Å². The summed E-state index contributed by atoms with van der Waals surface area (Å²) in [5.41, 5.74) is 0.415. The van der Waals surface area contributed by atoms with Crippen LogP contribution in [-0.4, -0.2) is 57.1 Å². The van der Waals surface area contributed by atoms with Gasteiger partial charge in [0.15, 0.2) is 0 Å². The molecular formula is C22H24FN3O4S. The number of hydrogen-bond acceptors (Lipinski definition) is 5. The molecule has 0 aromatic heterocycles. The SMILES string of the molecule is CC1(C)CS(=O)(=O)N(c2cccc(C(=O)N3CCN(c4ccc(F)cc4)CC3)c2)C1=O. The summed E-state index contributed by atoms with van der Waals surface area (Å²) in [5.74, 6) is -1.27. The molecule has 0 aliphatic carbocycles. The molecule has 0 unspecified atom stereocenters. The minimum atomic E-state index is -3.78. The van der Waals surface area contributed by atoms with E-state index in [0.29, 0.717) is 31.7 Å². The van der Waals surface area contributed by atoms with Crippen LogP contribution in [0.1, 0.15) is 24.2 Å². The van der Waals surface area contributed by atoms with Crippen molar-refractivity contribution in [3.05, 3.63) is 59.9 Å². The molecule has 2 amide bonds. The molecule has 0 saturated carbocycles. The summed E-state index contributed by atoms with van der Waals surface area (Å²) in [6.07, 6.45) is 0. The summed E-state index contributed by atoms with van der Waals surface area (Å²) in [7, 11) is -3.78. The van der Waals surface area contributed by atoms with Gasteiger partial charge in [-0.05, 0) is 56.3 Å². The van der Waals surface area contributed by atoms with Gasteiger partial charge < -0.3 is 9.80 Å². The Morgan fingerprint density at radius 2 is 1.61 bits per heavy atom. The highest BCUT2D eigenvalue weighted by Gasteiger charge is 2.50. The first-order chi connectivity index (χ1) is 14.6. The second-order valence-electron chi connectivity index (χ2n) is 8.52. The summed E-state index contributed by atoms with van der Waals surface area (Å²) in [6, 6.07) is 12.4. The topological polar surface area (TPSA) is 78.0 Å². The van der Waals surface area contributed by atoms with Crippen molar-refractivity contribution in [1.29, 1.82) is 0 Å². The highest BCUT2D eigenvalue weighted by atomic mass is 32.2. The number of piperazine rings is 1. The highest BCUT2D eigenvalue weighted by Crippen LogP contribution is 2.36. The summed E-state index contributed by atoms with van der Waals surface area (Å²) in [6.45, 7) is 5.36. The molecule has 0 N–H and O–H groups in total. The molecule has 0 bridgehead atoms. The minimum absolute atomic E-state index is 0.186. The lowest BCUT2D eigenvalue weighted by Gasteiger charge is -2.36. The van der Waals surface area contributed by atoms with Crippen LogP contribution in [0.25, 0.3) is 0 Å². The van der Waals surface area contributed by atoms with Gasteiger partial charge in [0, 0.05) is 37.4 Å². The van der Waals surface area contributed by atoms with E-state index in [9.17, 15) is 22.4 Å². The van der Waals surface area contributed by atoms with E-state index in [4.69, 9.17) is 0 Å². The van der Waals surface area contributed by atoms with Crippen molar-refractivity contribution in [3.8, 4) is 0 Å². The van der Waals surface area contributed by atoms with E-state index in [-0.39, 0.29) is 23.2 Å². The van der Waals surface area contributed by atoms with Gasteiger partial charge in [0.2, 0.25) is 15.9 Å². The molecule has 164 valence electrons. The van der Waals surface area contributed by atoms with Gasteiger partial charge in [-0.3, -0.25) is 9.59 Å². The van der Waals surface area contributed by atoms with E-state index in [1.54, 1.807) is 43.0 Å². The number of carbonyl (C=O) groups is 2. The number of anilines is 2. The maximum Gasteiger partial charge on any atom is 0.254 e. The zero-order valence-corrected chi connectivity index (χ0v) is 18.2. The smallest absolute Gasteiger partial charge is 0.254 e. The Labute approximate surface area is 181 Å². The third-order valence-corrected chi connectivity index (χ3v) is 7.69. The summed E-state index contributed by atoms with van der Waals surface area (Å²) < 4.78 is 39.0. The third-order valence-electron chi connectivity index (χ3n) is 5.67. The van der Waals surface area contributed by atoms with Gasteiger partial charge in [0.05, 0.1) is 16.9 Å². The van der Waals surface area contributed by atoms with Crippen LogP contribution in [0.3, 0.4) is 0 Å². The maximum absolute atomic E-state index is 13.1. The number of halogens is 1. The second-order valence-corrected chi connectivity index (χ2v) is 10.3. The van der Waals surface area contributed by atoms with Gasteiger partial charge >= 0.3 is 0 Å². The largest absolute Gasteiger partial charge is 0.368 e. The van der Waals surface area contributed by atoms with Gasteiger partial charge in [-0.1, -0.05) is 6.07 Å². The van der Waals surface area contributed by atoms with Crippen LogP contribution in [0.15, 0.2) is 48.5 Å². The molecule has 2 saturated heterocycles. The fourth-order valence-corrected chi connectivity index (χ4v) is 6.13. The van der Waals surface area contributed by atoms with Crippen molar-refractivity contribution in [3.63, 3.8) is 0 Å². The second kappa shape index (κ2) is 7.64. The Morgan fingerprint density at radius 3 is 2.19 bits per heavy atom. The number of nitrogens with zero attached hydrogens (tertiary/aromatic N) is 3. The van der Waals surface area contributed by atoms with Crippen LogP contribution in [-0.2, 0) is 14.8 Å². The van der Waals surface area contributed by atoms with E-state index in [1.165, 1.54) is 24.3 Å². The number of hydrogen-bond donors (Lipinski definition) is 0. The van der Waals surface area contributed by atoms with Gasteiger partial charge in [-0.15, -0.1) is 0 Å². The van der Waals surface area contributed by atoms with Gasteiger partial charge in [-0.25, -0.2) is 17.1 Å². The molecule has 0 atom stereocenters. The number of benzene rings is 2. The zero-order chi connectivity index (χ0) is 22.4. The van der Waals surface area contributed by atoms with E-state index >= 15 is 0 Å². The number of rotatable bonds is 3. The van der Waals surface area contributed by atoms with Gasteiger partial charge in [0.1, 0.15) is 5.82 Å². The van der Waals surface area contributed by atoms with Crippen LogP contribution in [0.4, 0.5) is 15.8 Å². The molecule has 0 radical (unpaired) electrons. The van der Waals surface area contributed by atoms with Gasteiger partial charge in [-0.2, -0.15) is 0 Å². The van der Waals surface area contributed by atoms with Crippen molar-refractivity contribution < 1.29 is 22.4 Å². The first-order valence-corrected chi connectivity index (χ1v) is 11.7. The van der Waals surface area contributed by atoms with Crippen LogP contribution in [0.5, 0.6) is 0 Å². The van der Waals surface area contributed by atoms with Crippen LogP contribution >= 0.6 is 0 Å². The lowest BCUT2D eigenvalue weighted by Crippen LogP contribution is -2.48. The Hall–Kier alpha value is -2.94. The molecule has 0 spiro atoms. The van der Waals surface area contributed by atoms with Crippen molar-refractivity contribution in [2.75, 3.05) is 41.1 Å². The predicted molar refractivity (Wildman–Crippen MR) is 116 cm³/mol. The first-order valence-electron chi connectivity index (χ1n) is 10.1. The van der Waals surface area contributed by atoms with Crippen molar-refractivity contribution in [1.82, 2.24) is 4.90 Å². The average Bonchev–Trinajstić information content (AvgIpc) is 2.90. The number of amides is 2. The molecule has 2 aromatic carbocycles. The maximum atomic E-state index is 13.1. The zero-order valence-electron chi connectivity index (χ0n) is 17.4. The summed E-state index contributed by atoms with van der Waals surface area (Å²) in [4.78, 5) is 29.4. The summed E-state index contributed by atoms with van der Waals surface area (Å²) >= 11 is 0. The van der Waals surface area contributed by atoms with E-state index in [1.807, 2.05) is 0 Å². The molecule has 2 aromatic rings. The Balaban J connectivity index is 1.49. The molecule has 7 nitrogen and oxygen atoms in total. The van der Waals surface area contributed by atoms with Crippen LogP contribution in [0.2, 0.25) is 0 Å². The van der Waals surface area contributed by atoms with Crippen LogP contribution in [0, 0.1) is 11.2 Å². The molecule has 2 aliphatic rings. The van der Waals surface area contributed by atoms with Crippen molar-refractivity contribution in [2.45, 2.75) is 13.8 Å². The average molecular weight is 446 g/mol. The molecule has 4 rings (SSSR count). The normalized spacial score (nSPS) is 20.2. The quantitative estimate of drug-likeness (QED) is 0.726. The van der Waals surface area contributed by atoms with Crippen molar-refractivity contribution in [2.24, 2.45) is 5.41 Å². The van der Waals surface area contributed by atoms with E-state index < -0.39 is 21.3 Å². The highest BCUT2D eigenvalue weighted by molar-refractivity contribution is 7.94. The predicted octanol–water partition coefficient (Wildman–Crippen LogP) is 2.49. The Kier molecular flexibility index (Phi) is 5.25. The molecule has 2 aliphatic heterocycles. The molecule has 2 fully saturated rings. The standard InChI is InChI=1S/C22H24FN3O4S/c1-22(2)15-31(29,30)26(21(22)28)19-5-3-4-16(14-19)20(27)25-12-10-24(11-13-25)18-8-6-17(23)7-9-18/h3-9,14H,10-13,15H2,1-2H3. The summed E-state index contributed by atoms with van der Waals surface area (Å²) in [5, 5.41) is 0. The lowest BCUT2D eigenvalue weighted by molar-refractivity contribution is -0.123.